The van der Waals surface area contributed by atoms with E-state index in [0.717, 1.165) is 12.8 Å². The smallest absolute Gasteiger partial charge is 0.244 e. The Hall–Kier alpha value is -0.820. The van der Waals surface area contributed by atoms with Crippen LogP contribution in [0, 0.1) is 5.92 Å². The van der Waals surface area contributed by atoms with Crippen molar-refractivity contribution in [1.29, 1.82) is 0 Å². The molecule has 0 radical (unpaired) electrons. The van der Waals surface area contributed by atoms with Gasteiger partial charge in [-0.2, -0.15) is 0 Å². The molecule has 0 aliphatic rings. The van der Waals surface area contributed by atoms with Crippen LogP contribution in [0.2, 0.25) is 5.02 Å². The number of sulfonamides is 1. The predicted octanol–water partition coefficient (Wildman–Crippen LogP) is 2.00. The van der Waals surface area contributed by atoms with Gasteiger partial charge in [-0.05, 0) is 18.1 Å². The van der Waals surface area contributed by atoms with Crippen LogP contribution in [0.1, 0.15) is 26.7 Å². The fourth-order valence-corrected chi connectivity index (χ4v) is 3.80. The third-order valence-corrected chi connectivity index (χ3v) is 5.31. The highest BCUT2D eigenvalue weighted by Gasteiger charge is 2.23. The first kappa shape index (κ1) is 17.2. The molecule has 5 nitrogen and oxygen atoms in total. The second-order valence-corrected chi connectivity index (χ2v) is 6.77. The highest BCUT2D eigenvalue weighted by molar-refractivity contribution is 7.89. The molecule has 1 rings (SSSR count). The van der Waals surface area contributed by atoms with E-state index in [9.17, 15) is 13.5 Å². The van der Waals surface area contributed by atoms with Crippen molar-refractivity contribution in [3.8, 4) is 0 Å². The van der Waals surface area contributed by atoms with E-state index in [0.29, 0.717) is 0 Å². The zero-order valence-electron chi connectivity index (χ0n) is 11.6. The SMILES string of the molecule is CCC(CC)C(O)CNS(=O)(=O)c1c(N)cccc1Cl. The molecular weight excluding hydrogens is 300 g/mol. The molecule has 1 aromatic carbocycles. The molecule has 0 aromatic heterocycles. The summed E-state index contributed by atoms with van der Waals surface area (Å²) in [5, 5.41) is 10.0. The van der Waals surface area contributed by atoms with Crippen LogP contribution in [0.15, 0.2) is 23.1 Å². The van der Waals surface area contributed by atoms with E-state index in [1.54, 1.807) is 6.07 Å². The van der Waals surface area contributed by atoms with Crippen LogP contribution >= 0.6 is 11.6 Å². The average Bonchev–Trinajstić information content (AvgIpc) is 2.37. The second-order valence-electron chi connectivity index (χ2n) is 4.65. The Labute approximate surface area is 125 Å². The summed E-state index contributed by atoms with van der Waals surface area (Å²) >= 11 is 5.88. The Balaban J connectivity index is 2.86. The van der Waals surface area contributed by atoms with Crippen LogP contribution in [-0.4, -0.2) is 26.2 Å². The summed E-state index contributed by atoms with van der Waals surface area (Å²) in [6.45, 7) is 3.86. The monoisotopic (exact) mass is 320 g/mol. The summed E-state index contributed by atoms with van der Waals surface area (Å²) in [5.41, 5.74) is 5.75. The molecule has 20 heavy (non-hydrogen) atoms. The van der Waals surface area contributed by atoms with Gasteiger partial charge in [-0.1, -0.05) is 44.4 Å². The minimum absolute atomic E-state index is 0.0562. The third kappa shape index (κ3) is 4.09. The van der Waals surface area contributed by atoms with Crippen molar-refractivity contribution in [2.45, 2.75) is 37.7 Å². The van der Waals surface area contributed by atoms with Gasteiger partial charge in [0.25, 0.3) is 0 Å². The van der Waals surface area contributed by atoms with Crippen molar-refractivity contribution in [2.24, 2.45) is 5.92 Å². The first-order valence-corrected chi connectivity index (χ1v) is 8.41. The first-order valence-electron chi connectivity index (χ1n) is 6.55. The molecule has 7 heteroatoms. The van der Waals surface area contributed by atoms with Gasteiger partial charge >= 0.3 is 0 Å². The Bertz CT molecular complexity index is 524. The average molecular weight is 321 g/mol. The summed E-state index contributed by atoms with van der Waals surface area (Å²) in [4.78, 5) is -0.140. The van der Waals surface area contributed by atoms with E-state index in [1.165, 1.54) is 12.1 Å². The van der Waals surface area contributed by atoms with E-state index in [4.69, 9.17) is 17.3 Å². The highest BCUT2D eigenvalue weighted by atomic mass is 35.5. The zero-order valence-corrected chi connectivity index (χ0v) is 13.2. The summed E-state index contributed by atoms with van der Waals surface area (Å²) < 4.78 is 26.7. The van der Waals surface area contributed by atoms with Crippen molar-refractivity contribution >= 4 is 27.3 Å². The van der Waals surface area contributed by atoms with E-state index >= 15 is 0 Å². The number of anilines is 1. The molecule has 0 bridgehead atoms. The maximum Gasteiger partial charge on any atom is 0.244 e. The van der Waals surface area contributed by atoms with E-state index in [1.807, 2.05) is 13.8 Å². The molecule has 0 heterocycles. The number of nitrogen functional groups attached to an aromatic ring is 1. The van der Waals surface area contributed by atoms with Gasteiger partial charge in [0.05, 0.1) is 16.8 Å². The maximum atomic E-state index is 12.2. The lowest BCUT2D eigenvalue weighted by Gasteiger charge is -2.20. The van der Waals surface area contributed by atoms with Crippen LogP contribution in [0.3, 0.4) is 0 Å². The number of aliphatic hydroxyl groups is 1. The van der Waals surface area contributed by atoms with Crippen molar-refractivity contribution in [2.75, 3.05) is 12.3 Å². The largest absolute Gasteiger partial charge is 0.398 e. The van der Waals surface area contributed by atoms with Gasteiger partial charge in [-0.25, -0.2) is 13.1 Å². The molecule has 4 N–H and O–H groups in total. The van der Waals surface area contributed by atoms with Gasteiger partial charge in [0.15, 0.2) is 0 Å². The molecule has 0 aliphatic carbocycles. The number of hydrogen-bond donors (Lipinski definition) is 3. The maximum absolute atomic E-state index is 12.2. The van der Waals surface area contributed by atoms with Crippen LogP contribution in [-0.2, 0) is 10.0 Å². The summed E-state index contributed by atoms with van der Waals surface area (Å²) in [7, 11) is -3.83. The standard InChI is InChI=1S/C13H21ClN2O3S/c1-3-9(4-2)12(17)8-16-20(18,19)13-10(14)6-5-7-11(13)15/h5-7,9,12,16-17H,3-4,8,15H2,1-2H3. The molecule has 0 fully saturated rings. The summed E-state index contributed by atoms with van der Waals surface area (Å²) in [5.74, 6) is 0.0568. The van der Waals surface area contributed by atoms with E-state index < -0.39 is 16.1 Å². The number of halogens is 1. The molecule has 0 amide bonds. The molecule has 114 valence electrons. The van der Waals surface area contributed by atoms with Crippen LogP contribution in [0.4, 0.5) is 5.69 Å². The van der Waals surface area contributed by atoms with Gasteiger partial charge in [0.2, 0.25) is 10.0 Å². The van der Waals surface area contributed by atoms with Crippen LogP contribution in [0.25, 0.3) is 0 Å². The summed E-state index contributed by atoms with van der Waals surface area (Å²) in [6.07, 6.45) is 0.838. The number of aliphatic hydroxyl groups excluding tert-OH is 1. The lowest BCUT2D eigenvalue weighted by molar-refractivity contribution is 0.107. The van der Waals surface area contributed by atoms with E-state index in [-0.39, 0.29) is 28.1 Å². The minimum atomic E-state index is -3.83. The lowest BCUT2D eigenvalue weighted by Crippen LogP contribution is -2.36. The Morgan fingerprint density at radius 1 is 1.35 bits per heavy atom. The molecule has 1 unspecified atom stereocenters. The number of nitrogens with two attached hydrogens (primary N) is 1. The predicted molar refractivity (Wildman–Crippen MR) is 81.1 cm³/mol. The molecule has 1 atom stereocenters. The van der Waals surface area contributed by atoms with Gasteiger partial charge < -0.3 is 10.8 Å². The Kier molecular flexibility index (Phi) is 6.26. The first-order chi connectivity index (χ1) is 9.33. The van der Waals surface area contributed by atoms with Crippen LogP contribution in [0.5, 0.6) is 0 Å². The molecule has 0 spiro atoms. The van der Waals surface area contributed by atoms with Crippen molar-refractivity contribution in [3.05, 3.63) is 23.2 Å². The van der Waals surface area contributed by atoms with Gasteiger partial charge in [0.1, 0.15) is 4.90 Å². The van der Waals surface area contributed by atoms with Crippen LogP contribution < -0.4 is 10.5 Å². The topological polar surface area (TPSA) is 92.4 Å². The number of nitrogens with one attached hydrogen (secondary N) is 1. The minimum Gasteiger partial charge on any atom is -0.398 e. The highest BCUT2D eigenvalue weighted by Crippen LogP contribution is 2.26. The molecule has 0 aliphatic heterocycles. The fourth-order valence-electron chi connectivity index (χ4n) is 2.08. The number of benzene rings is 1. The molecule has 0 saturated heterocycles. The number of hydrogen-bond acceptors (Lipinski definition) is 4. The normalized spacial score (nSPS) is 13.7. The summed E-state index contributed by atoms with van der Waals surface area (Å²) in [6, 6.07) is 4.51. The molecular formula is C13H21ClN2O3S. The van der Waals surface area contributed by atoms with Crippen molar-refractivity contribution < 1.29 is 13.5 Å². The van der Waals surface area contributed by atoms with Crippen molar-refractivity contribution in [1.82, 2.24) is 4.72 Å². The third-order valence-electron chi connectivity index (χ3n) is 3.34. The van der Waals surface area contributed by atoms with Crippen molar-refractivity contribution in [3.63, 3.8) is 0 Å². The van der Waals surface area contributed by atoms with Gasteiger partial charge in [-0.3, -0.25) is 0 Å². The fraction of sp³-hybridized carbons (Fsp3) is 0.538. The Morgan fingerprint density at radius 2 is 1.95 bits per heavy atom. The molecule has 1 aromatic rings. The quantitative estimate of drug-likeness (QED) is 0.670. The zero-order chi connectivity index (χ0) is 15.3. The number of rotatable bonds is 7. The Morgan fingerprint density at radius 3 is 2.45 bits per heavy atom. The van der Waals surface area contributed by atoms with Gasteiger partial charge in [0, 0.05) is 6.54 Å². The molecule has 0 saturated carbocycles. The lowest BCUT2D eigenvalue weighted by atomic mass is 9.97. The second kappa shape index (κ2) is 7.26. The van der Waals surface area contributed by atoms with E-state index in [2.05, 4.69) is 4.72 Å². The van der Waals surface area contributed by atoms with Gasteiger partial charge in [-0.15, -0.1) is 0 Å².